The van der Waals surface area contributed by atoms with E-state index in [-0.39, 0.29) is 6.04 Å². The number of rotatable bonds is 5. The Morgan fingerprint density at radius 1 is 1.27 bits per heavy atom. The third kappa shape index (κ3) is 3.60. The molecule has 0 spiro atoms. The first-order valence-corrected chi connectivity index (χ1v) is 11.9. The summed E-state index contributed by atoms with van der Waals surface area (Å²) in [5.74, 6) is 2.52. The minimum absolute atomic E-state index is 0.222. The van der Waals surface area contributed by atoms with Crippen LogP contribution in [0.5, 0.6) is 0 Å². The minimum atomic E-state index is 0.222. The van der Waals surface area contributed by atoms with Crippen LogP contribution < -0.4 is 10.2 Å². The number of carbonyl (C=O) groups is 1. The molecule has 0 bridgehead atoms. The number of aromatic nitrogens is 6. The average Bonchev–Trinajstić information content (AvgIpc) is 3.53. The lowest BCUT2D eigenvalue weighted by molar-refractivity contribution is -0.121. The number of amides is 1. The van der Waals surface area contributed by atoms with Crippen LogP contribution in [0, 0.1) is 12.8 Å². The standard InChI is InChI=1S/C22H24BrN9O/c1-13-4-5-16-17(7-13)27-19(26-16)9-24-21-29-22(28-20-15(23)8-25-32(20)21)31-10-14-3-2-6-30(12-33)18(14)11-31/h4-5,7-8,12,14,18H,2-3,6,9-11H2,1H3,(H,26,27)(H,24,28,29). The molecule has 2 unspecified atom stereocenters. The summed E-state index contributed by atoms with van der Waals surface area (Å²) in [6.07, 6.45) is 4.88. The number of hydrogen-bond donors (Lipinski definition) is 2. The second-order valence-electron chi connectivity index (χ2n) is 8.85. The Bertz CT molecular complexity index is 1350. The fraction of sp³-hybridized carbons (Fsp3) is 0.409. The molecule has 11 heteroatoms. The number of likely N-dealkylation sites (tertiary alicyclic amines) is 1. The SMILES string of the molecule is Cc1ccc2nc(CNc3nc(N4CC5CCCN(C=O)C5C4)nc4c(Br)cnn34)[nH]c2c1. The van der Waals surface area contributed by atoms with Crippen molar-refractivity contribution in [3.05, 3.63) is 40.3 Å². The van der Waals surface area contributed by atoms with Crippen LogP contribution in [-0.4, -0.2) is 66.5 Å². The van der Waals surface area contributed by atoms with Gasteiger partial charge in [0.15, 0.2) is 5.65 Å². The van der Waals surface area contributed by atoms with E-state index >= 15 is 0 Å². The molecule has 6 rings (SSSR count). The molecule has 2 saturated heterocycles. The Balaban J connectivity index is 1.30. The number of carbonyl (C=O) groups excluding carboxylic acids is 1. The van der Waals surface area contributed by atoms with Gasteiger partial charge < -0.3 is 20.1 Å². The molecule has 0 radical (unpaired) electrons. The molecule has 3 aromatic heterocycles. The van der Waals surface area contributed by atoms with Crippen LogP contribution in [0.25, 0.3) is 16.7 Å². The highest BCUT2D eigenvalue weighted by atomic mass is 79.9. The smallest absolute Gasteiger partial charge is 0.230 e. The molecule has 5 heterocycles. The number of aromatic amines is 1. The van der Waals surface area contributed by atoms with E-state index in [9.17, 15) is 4.79 Å². The summed E-state index contributed by atoms with van der Waals surface area (Å²) in [6.45, 7) is 4.96. The largest absolute Gasteiger partial charge is 0.347 e. The highest BCUT2D eigenvalue weighted by Gasteiger charge is 2.39. The highest BCUT2D eigenvalue weighted by Crippen LogP contribution is 2.32. The first kappa shape index (κ1) is 20.4. The Morgan fingerprint density at radius 2 is 2.18 bits per heavy atom. The van der Waals surface area contributed by atoms with Crippen LogP contribution in [-0.2, 0) is 11.3 Å². The summed E-state index contributed by atoms with van der Waals surface area (Å²) in [7, 11) is 0. The number of benzene rings is 1. The van der Waals surface area contributed by atoms with Gasteiger partial charge in [0.05, 0.1) is 34.3 Å². The maximum Gasteiger partial charge on any atom is 0.230 e. The molecule has 2 atom stereocenters. The number of halogens is 1. The van der Waals surface area contributed by atoms with E-state index in [1.165, 1.54) is 5.56 Å². The number of imidazole rings is 1. The van der Waals surface area contributed by atoms with Crippen molar-refractivity contribution in [2.75, 3.05) is 29.9 Å². The van der Waals surface area contributed by atoms with Gasteiger partial charge in [-0.15, -0.1) is 0 Å². The fourth-order valence-corrected chi connectivity index (χ4v) is 5.38. The van der Waals surface area contributed by atoms with Crippen molar-refractivity contribution in [3.8, 4) is 0 Å². The molecule has 2 aliphatic heterocycles. The van der Waals surface area contributed by atoms with Gasteiger partial charge in [-0.05, 0) is 59.3 Å². The van der Waals surface area contributed by atoms with Crippen LogP contribution in [0.3, 0.4) is 0 Å². The Labute approximate surface area is 198 Å². The monoisotopic (exact) mass is 509 g/mol. The zero-order chi connectivity index (χ0) is 22.5. The molecule has 2 fully saturated rings. The van der Waals surface area contributed by atoms with Gasteiger partial charge in [-0.25, -0.2) is 4.98 Å². The van der Waals surface area contributed by atoms with E-state index in [0.717, 1.165) is 60.2 Å². The summed E-state index contributed by atoms with van der Waals surface area (Å²) in [6, 6.07) is 6.39. The molecule has 33 heavy (non-hydrogen) atoms. The Hall–Kier alpha value is -3.21. The number of fused-ring (bicyclic) bond motifs is 3. The van der Waals surface area contributed by atoms with E-state index in [1.54, 1.807) is 10.7 Å². The van der Waals surface area contributed by atoms with Crippen LogP contribution in [0.2, 0.25) is 0 Å². The van der Waals surface area contributed by atoms with Gasteiger partial charge in [-0.2, -0.15) is 19.6 Å². The lowest BCUT2D eigenvalue weighted by Gasteiger charge is -2.33. The molecule has 1 amide bonds. The highest BCUT2D eigenvalue weighted by molar-refractivity contribution is 9.10. The number of hydrogen-bond acceptors (Lipinski definition) is 7. The maximum absolute atomic E-state index is 11.5. The zero-order valence-electron chi connectivity index (χ0n) is 18.2. The molecule has 2 N–H and O–H groups in total. The lowest BCUT2D eigenvalue weighted by Crippen LogP contribution is -2.44. The quantitative estimate of drug-likeness (QED) is 0.398. The molecular weight excluding hydrogens is 486 g/mol. The molecule has 4 aromatic rings. The van der Waals surface area contributed by atoms with Gasteiger partial charge in [-0.1, -0.05) is 6.07 Å². The predicted molar refractivity (Wildman–Crippen MR) is 128 cm³/mol. The molecule has 0 saturated carbocycles. The second kappa shape index (κ2) is 7.98. The van der Waals surface area contributed by atoms with Gasteiger partial charge in [0.1, 0.15) is 5.82 Å². The maximum atomic E-state index is 11.5. The van der Waals surface area contributed by atoms with E-state index < -0.39 is 0 Å². The number of H-pyrrole nitrogens is 1. The summed E-state index contributed by atoms with van der Waals surface area (Å²) < 4.78 is 2.50. The lowest BCUT2D eigenvalue weighted by atomic mass is 9.93. The summed E-state index contributed by atoms with van der Waals surface area (Å²) in [5, 5.41) is 7.81. The van der Waals surface area contributed by atoms with Crippen molar-refractivity contribution in [2.24, 2.45) is 5.92 Å². The van der Waals surface area contributed by atoms with Crippen molar-refractivity contribution in [3.63, 3.8) is 0 Å². The molecule has 0 aliphatic carbocycles. The Morgan fingerprint density at radius 3 is 3.06 bits per heavy atom. The van der Waals surface area contributed by atoms with E-state index in [0.29, 0.717) is 30.0 Å². The minimum Gasteiger partial charge on any atom is -0.347 e. The third-order valence-corrected chi connectivity index (χ3v) is 7.21. The van der Waals surface area contributed by atoms with Crippen molar-refractivity contribution in [1.29, 1.82) is 0 Å². The van der Waals surface area contributed by atoms with Crippen molar-refractivity contribution >= 4 is 50.9 Å². The van der Waals surface area contributed by atoms with E-state index in [1.807, 2.05) is 11.0 Å². The number of anilines is 2. The van der Waals surface area contributed by atoms with E-state index in [4.69, 9.17) is 9.97 Å². The molecule has 10 nitrogen and oxygen atoms in total. The first-order valence-electron chi connectivity index (χ1n) is 11.2. The van der Waals surface area contributed by atoms with Gasteiger partial charge in [0.25, 0.3) is 0 Å². The number of nitrogens with one attached hydrogen (secondary N) is 2. The Kier molecular flexibility index (Phi) is 4.93. The molecule has 1 aromatic carbocycles. The van der Waals surface area contributed by atoms with Crippen LogP contribution in [0.15, 0.2) is 28.9 Å². The number of piperidine rings is 1. The van der Waals surface area contributed by atoms with Gasteiger partial charge >= 0.3 is 0 Å². The summed E-state index contributed by atoms with van der Waals surface area (Å²) in [4.78, 5) is 33.3. The number of aryl methyl sites for hydroxylation is 1. The predicted octanol–water partition coefficient (Wildman–Crippen LogP) is 2.74. The van der Waals surface area contributed by atoms with Gasteiger partial charge in [0, 0.05) is 19.6 Å². The second-order valence-corrected chi connectivity index (χ2v) is 9.70. The van der Waals surface area contributed by atoms with Crippen LogP contribution in [0.4, 0.5) is 11.9 Å². The topological polar surface area (TPSA) is 107 Å². The van der Waals surface area contributed by atoms with Gasteiger partial charge in [-0.3, -0.25) is 4.79 Å². The molecule has 170 valence electrons. The van der Waals surface area contributed by atoms with Crippen LogP contribution in [0.1, 0.15) is 24.2 Å². The number of nitrogens with zero attached hydrogens (tertiary/aromatic N) is 7. The molecule has 2 aliphatic rings. The van der Waals surface area contributed by atoms with Gasteiger partial charge in [0.2, 0.25) is 18.3 Å². The van der Waals surface area contributed by atoms with Crippen molar-refractivity contribution in [1.82, 2.24) is 34.4 Å². The summed E-state index contributed by atoms with van der Waals surface area (Å²) >= 11 is 3.56. The fourth-order valence-electron chi connectivity index (χ4n) is 5.03. The zero-order valence-corrected chi connectivity index (χ0v) is 19.8. The van der Waals surface area contributed by atoms with Crippen molar-refractivity contribution in [2.45, 2.75) is 32.4 Å². The third-order valence-electron chi connectivity index (χ3n) is 6.66. The average molecular weight is 510 g/mol. The van der Waals surface area contributed by atoms with Crippen LogP contribution >= 0.6 is 15.9 Å². The summed E-state index contributed by atoms with van der Waals surface area (Å²) in [5.41, 5.74) is 3.84. The normalized spacial score (nSPS) is 20.5. The molecular formula is C22H24BrN9O. The first-order chi connectivity index (χ1) is 16.1. The van der Waals surface area contributed by atoms with Crippen molar-refractivity contribution < 1.29 is 4.79 Å². The van der Waals surface area contributed by atoms with E-state index in [2.05, 4.69) is 60.3 Å².